The SMILES string of the molecule is CCCCCC1CCC(C2CCC(c3c(F)cc(OC)c(F)c3F)CC2)CC1. The molecule has 0 unspecified atom stereocenters. The molecule has 2 aliphatic carbocycles. The summed E-state index contributed by atoms with van der Waals surface area (Å²) >= 11 is 0. The number of methoxy groups -OCH3 is 1. The van der Waals surface area contributed by atoms with E-state index in [2.05, 4.69) is 6.92 Å². The first kappa shape index (κ1) is 21.5. The van der Waals surface area contributed by atoms with E-state index in [9.17, 15) is 13.2 Å². The summed E-state index contributed by atoms with van der Waals surface area (Å²) in [4.78, 5) is 0. The predicted octanol–water partition coefficient (Wildman–Crippen LogP) is 7.77. The van der Waals surface area contributed by atoms with Gasteiger partial charge in [-0.05, 0) is 62.2 Å². The summed E-state index contributed by atoms with van der Waals surface area (Å²) in [6.07, 6.45) is 14.2. The minimum Gasteiger partial charge on any atom is -0.493 e. The van der Waals surface area contributed by atoms with Crippen molar-refractivity contribution >= 4 is 0 Å². The van der Waals surface area contributed by atoms with E-state index in [1.165, 1.54) is 58.5 Å². The van der Waals surface area contributed by atoms with Gasteiger partial charge in [-0.15, -0.1) is 0 Å². The Kier molecular flexibility index (Phi) is 7.70. The number of rotatable bonds is 7. The lowest BCUT2D eigenvalue weighted by Crippen LogP contribution is -2.26. The van der Waals surface area contributed by atoms with Crippen molar-refractivity contribution in [2.45, 2.75) is 89.9 Å². The molecule has 2 saturated carbocycles. The third-order valence-corrected chi connectivity index (χ3v) is 7.33. The maximum Gasteiger partial charge on any atom is 0.201 e. The van der Waals surface area contributed by atoms with E-state index in [0.717, 1.165) is 43.6 Å². The van der Waals surface area contributed by atoms with E-state index < -0.39 is 17.5 Å². The van der Waals surface area contributed by atoms with Gasteiger partial charge in [0.2, 0.25) is 5.82 Å². The van der Waals surface area contributed by atoms with Crippen LogP contribution >= 0.6 is 0 Å². The van der Waals surface area contributed by atoms with Crippen LogP contribution in [0.5, 0.6) is 5.75 Å². The van der Waals surface area contributed by atoms with Crippen LogP contribution in [0.1, 0.15) is 95.5 Å². The molecule has 2 fully saturated rings. The van der Waals surface area contributed by atoms with E-state index in [1.54, 1.807) is 0 Å². The molecule has 0 aliphatic heterocycles. The molecule has 0 N–H and O–H groups in total. The number of hydrogen-bond acceptors (Lipinski definition) is 1. The summed E-state index contributed by atoms with van der Waals surface area (Å²) in [5.41, 5.74) is -0.0728. The number of hydrogen-bond donors (Lipinski definition) is 0. The smallest absolute Gasteiger partial charge is 0.201 e. The zero-order valence-corrected chi connectivity index (χ0v) is 17.4. The third kappa shape index (κ3) is 4.86. The van der Waals surface area contributed by atoms with E-state index in [4.69, 9.17) is 4.74 Å². The summed E-state index contributed by atoms with van der Waals surface area (Å²) in [6, 6.07) is 0.986. The van der Waals surface area contributed by atoms with Gasteiger partial charge in [0.15, 0.2) is 11.6 Å². The fraction of sp³-hybridized carbons (Fsp3) is 0.750. The van der Waals surface area contributed by atoms with Crippen molar-refractivity contribution in [3.05, 3.63) is 29.1 Å². The van der Waals surface area contributed by atoms with Crippen LogP contribution in [0, 0.1) is 35.2 Å². The predicted molar refractivity (Wildman–Crippen MR) is 107 cm³/mol. The zero-order valence-electron chi connectivity index (χ0n) is 17.4. The minimum atomic E-state index is -1.07. The molecule has 158 valence electrons. The van der Waals surface area contributed by atoms with Gasteiger partial charge in [0.25, 0.3) is 0 Å². The minimum absolute atomic E-state index is 0.0728. The fourth-order valence-electron chi connectivity index (χ4n) is 5.62. The van der Waals surface area contributed by atoms with Crippen LogP contribution < -0.4 is 4.74 Å². The van der Waals surface area contributed by atoms with Gasteiger partial charge in [-0.25, -0.2) is 8.78 Å². The van der Waals surface area contributed by atoms with Crippen molar-refractivity contribution in [1.29, 1.82) is 0 Å². The highest BCUT2D eigenvalue weighted by Crippen LogP contribution is 2.46. The van der Waals surface area contributed by atoms with Crippen molar-refractivity contribution in [2.24, 2.45) is 17.8 Å². The molecular formula is C24H35F3O. The second kappa shape index (κ2) is 10.0. The number of benzene rings is 1. The molecule has 0 atom stereocenters. The van der Waals surface area contributed by atoms with Crippen LogP contribution in [-0.2, 0) is 0 Å². The highest BCUT2D eigenvalue weighted by atomic mass is 19.2. The van der Waals surface area contributed by atoms with Gasteiger partial charge < -0.3 is 4.74 Å². The first-order valence-corrected chi connectivity index (χ1v) is 11.3. The van der Waals surface area contributed by atoms with Crippen molar-refractivity contribution in [3.8, 4) is 5.75 Å². The maximum absolute atomic E-state index is 14.4. The normalized spacial score (nSPS) is 28.3. The molecule has 0 spiro atoms. The molecule has 0 radical (unpaired) electrons. The van der Waals surface area contributed by atoms with Gasteiger partial charge >= 0.3 is 0 Å². The molecule has 0 bridgehead atoms. The molecule has 4 heteroatoms. The van der Waals surface area contributed by atoms with Crippen molar-refractivity contribution in [2.75, 3.05) is 7.11 Å². The lowest BCUT2D eigenvalue weighted by atomic mass is 9.68. The second-order valence-corrected chi connectivity index (χ2v) is 8.99. The second-order valence-electron chi connectivity index (χ2n) is 8.99. The Balaban J connectivity index is 1.52. The lowest BCUT2D eigenvalue weighted by molar-refractivity contribution is 0.154. The Hall–Kier alpha value is -1.19. The Morgan fingerprint density at radius 3 is 2.04 bits per heavy atom. The molecule has 1 aromatic rings. The third-order valence-electron chi connectivity index (χ3n) is 7.33. The van der Waals surface area contributed by atoms with Crippen molar-refractivity contribution in [1.82, 2.24) is 0 Å². The monoisotopic (exact) mass is 396 g/mol. The molecule has 1 aromatic carbocycles. The van der Waals surface area contributed by atoms with Gasteiger partial charge in [-0.1, -0.05) is 45.4 Å². The molecule has 2 aliphatic rings. The van der Waals surface area contributed by atoms with E-state index in [1.807, 2.05) is 0 Å². The van der Waals surface area contributed by atoms with Crippen LogP contribution in [0.3, 0.4) is 0 Å². The molecule has 1 nitrogen and oxygen atoms in total. The largest absolute Gasteiger partial charge is 0.493 e. The van der Waals surface area contributed by atoms with E-state index >= 15 is 0 Å². The van der Waals surface area contributed by atoms with Crippen LogP contribution in [0.25, 0.3) is 0 Å². The summed E-state index contributed by atoms with van der Waals surface area (Å²) in [5, 5.41) is 0. The molecule has 0 amide bonds. The summed E-state index contributed by atoms with van der Waals surface area (Å²) in [7, 11) is 1.22. The Morgan fingerprint density at radius 1 is 0.857 bits per heavy atom. The molecule has 0 heterocycles. The topological polar surface area (TPSA) is 9.23 Å². The van der Waals surface area contributed by atoms with Crippen molar-refractivity contribution < 1.29 is 17.9 Å². The number of unbranched alkanes of at least 4 members (excludes halogenated alkanes) is 2. The van der Waals surface area contributed by atoms with Crippen LogP contribution in [-0.4, -0.2) is 7.11 Å². The highest BCUT2D eigenvalue weighted by Gasteiger charge is 2.34. The van der Waals surface area contributed by atoms with E-state index in [0.29, 0.717) is 5.92 Å². The van der Waals surface area contributed by atoms with Crippen LogP contribution in [0.15, 0.2) is 6.07 Å². The Morgan fingerprint density at radius 2 is 1.46 bits per heavy atom. The first-order chi connectivity index (χ1) is 13.5. The van der Waals surface area contributed by atoms with Gasteiger partial charge in [0.05, 0.1) is 7.11 Å². The van der Waals surface area contributed by atoms with Crippen LogP contribution in [0.4, 0.5) is 13.2 Å². The van der Waals surface area contributed by atoms with E-state index in [-0.39, 0.29) is 17.2 Å². The number of ether oxygens (including phenoxy) is 1. The lowest BCUT2D eigenvalue weighted by Gasteiger charge is -2.38. The van der Waals surface area contributed by atoms with Gasteiger partial charge in [-0.2, -0.15) is 4.39 Å². The molecule has 28 heavy (non-hydrogen) atoms. The molecular weight excluding hydrogens is 361 g/mol. The number of halogens is 3. The fourth-order valence-corrected chi connectivity index (χ4v) is 5.62. The Labute approximate surface area is 168 Å². The standard InChI is InChI=1S/C24H35F3O/c1-3-4-5-6-16-7-9-17(10-8-16)18-11-13-19(14-12-18)22-20(25)15-21(28-2)23(26)24(22)27/h15-19H,3-14H2,1-2H3. The zero-order chi connectivity index (χ0) is 20.1. The molecule has 0 saturated heterocycles. The Bertz CT molecular complexity index is 629. The summed E-state index contributed by atoms with van der Waals surface area (Å²) < 4.78 is 47.6. The van der Waals surface area contributed by atoms with Crippen molar-refractivity contribution in [3.63, 3.8) is 0 Å². The van der Waals surface area contributed by atoms with Gasteiger partial charge in [0, 0.05) is 11.6 Å². The highest BCUT2D eigenvalue weighted by molar-refractivity contribution is 5.34. The van der Waals surface area contributed by atoms with Gasteiger partial charge in [-0.3, -0.25) is 0 Å². The average Bonchev–Trinajstić information content (AvgIpc) is 2.72. The average molecular weight is 397 g/mol. The maximum atomic E-state index is 14.4. The molecule has 0 aromatic heterocycles. The summed E-state index contributed by atoms with van der Waals surface area (Å²) in [6.45, 7) is 2.26. The first-order valence-electron chi connectivity index (χ1n) is 11.3. The molecule has 3 rings (SSSR count). The summed E-state index contributed by atoms with van der Waals surface area (Å²) in [5.74, 6) is -1.04. The quantitative estimate of drug-likeness (QED) is 0.338. The van der Waals surface area contributed by atoms with Crippen LogP contribution in [0.2, 0.25) is 0 Å². The van der Waals surface area contributed by atoms with Gasteiger partial charge in [0.1, 0.15) is 5.82 Å².